The maximum absolute atomic E-state index is 12.7. The second-order valence-corrected chi connectivity index (χ2v) is 7.09. The summed E-state index contributed by atoms with van der Waals surface area (Å²) in [5.41, 5.74) is 1.73. The summed E-state index contributed by atoms with van der Waals surface area (Å²) in [6, 6.07) is 11.7. The first-order chi connectivity index (χ1) is 11.9. The van der Waals surface area contributed by atoms with Crippen molar-refractivity contribution in [2.75, 3.05) is 11.8 Å². The first kappa shape index (κ1) is 16.9. The molecule has 3 aromatic rings. The van der Waals surface area contributed by atoms with Gasteiger partial charge in [0.15, 0.2) is 5.82 Å². The number of aromatic nitrogens is 4. The first-order valence-electron chi connectivity index (χ1n) is 7.41. The molecule has 0 amide bonds. The van der Waals surface area contributed by atoms with Gasteiger partial charge in [0.05, 0.1) is 12.0 Å². The molecule has 130 valence electrons. The van der Waals surface area contributed by atoms with E-state index in [4.69, 9.17) is 4.74 Å². The smallest absolute Gasteiger partial charge is 0.262 e. The fourth-order valence-corrected chi connectivity index (χ4v) is 3.73. The van der Waals surface area contributed by atoms with Crippen molar-refractivity contribution in [2.24, 2.45) is 7.05 Å². The summed E-state index contributed by atoms with van der Waals surface area (Å²) >= 11 is 0. The molecule has 1 heterocycles. The maximum Gasteiger partial charge on any atom is 0.262 e. The summed E-state index contributed by atoms with van der Waals surface area (Å²) in [4.78, 5) is 0.194. The highest BCUT2D eigenvalue weighted by Gasteiger charge is 2.18. The Bertz CT molecular complexity index is 1010. The Balaban J connectivity index is 1.93. The van der Waals surface area contributed by atoms with E-state index in [1.54, 1.807) is 44.3 Å². The van der Waals surface area contributed by atoms with Crippen molar-refractivity contribution in [2.45, 2.75) is 11.8 Å². The Kier molecular flexibility index (Phi) is 4.41. The normalized spacial score (nSPS) is 11.3. The van der Waals surface area contributed by atoms with E-state index >= 15 is 0 Å². The van der Waals surface area contributed by atoms with E-state index < -0.39 is 10.0 Å². The number of hydrogen-bond acceptors (Lipinski definition) is 6. The number of anilines is 1. The number of ether oxygens (including phenoxy) is 1. The monoisotopic (exact) mass is 359 g/mol. The standard InChI is InChI=1S/C16H17N5O3S/c1-11-9-14(24-3)7-8-15(11)25(22,23)18-13-6-4-5-12(10-13)16-17-19-20-21(16)2/h4-10,18H,1-3H3. The van der Waals surface area contributed by atoms with Gasteiger partial charge in [-0.2, -0.15) is 0 Å². The van der Waals surface area contributed by atoms with Crippen molar-refractivity contribution in [3.8, 4) is 17.1 Å². The third-order valence-electron chi connectivity index (χ3n) is 3.66. The van der Waals surface area contributed by atoms with Crippen LogP contribution in [0, 0.1) is 6.92 Å². The van der Waals surface area contributed by atoms with Crippen molar-refractivity contribution in [1.29, 1.82) is 0 Å². The van der Waals surface area contributed by atoms with E-state index in [1.807, 2.05) is 6.07 Å². The van der Waals surface area contributed by atoms with Gasteiger partial charge in [-0.3, -0.25) is 4.72 Å². The highest BCUT2D eigenvalue weighted by molar-refractivity contribution is 7.92. The molecule has 2 aromatic carbocycles. The van der Waals surface area contributed by atoms with E-state index in [-0.39, 0.29) is 4.90 Å². The van der Waals surface area contributed by atoms with Crippen molar-refractivity contribution in [3.05, 3.63) is 48.0 Å². The molecule has 0 saturated carbocycles. The fourth-order valence-electron chi connectivity index (χ4n) is 2.46. The molecular formula is C16H17N5O3S. The molecule has 1 aromatic heterocycles. The van der Waals surface area contributed by atoms with Crippen LogP contribution in [0.15, 0.2) is 47.4 Å². The minimum absolute atomic E-state index is 0.194. The Morgan fingerprint density at radius 1 is 1.16 bits per heavy atom. The molecule has 0 spiro atoms. The molecule has 0 radical (unpaired) electrons. The van der Waals surface area contributed by atoms with Crippen LogP contribution in [-0.2, 0) is 17.1 Å². The molecular weight excluding hydrogens is 342 g/mol. The van der Waals surface area contributed by atoms with Crippen molar-refractivity contribution >= 4 is 15.7 Å². The highest BCUT2D eigenvalue weighted by atomic mass is 32.2. The number of methoxy groups -OCH3 is 1. The van der Waals surface area contributed by atoms with Crippen LogP contribution < -0.4 is 9.46 Å². The third-order valence-corrected chi connectivity index (χ3v) is 5.21. The predicted molar refractivity (Wildman–Crippen MR) is 92.8 cm³/mol. The Morgan fingerprint density at radius 3 is 2.60 bits per heavy atom. The lowest BCUT2D eigenvalue weighted by atomic mass is 10.2. The molecule has 0 saturated heterocycles. The molecule has 9 heteroatoms. The molecule has 0 atom stereocenters. The largest absolute Gasteiger partial charge is 0.497 e. The number of nitrogens with zero attached hydrogens (tertiary/aromatic N) is 4. The molecule has 0 unspecified atom stereocenters. The van der Waals surface area contributed by atoms with Crippen LogP contribution in [0.2, 0.25) is 0 Å². The summed E-state index contributed by atoms with van der Waals surface area (Å²) in [6.45, 7) is 1.72. The zero-order valence-electron chi connectivity index (χ0n) is 14.0. The van der Waals surface area contributed by atoms with Crippen molar-refractivity contribution in [1.82, 2.24) is 20.2 Å². The lowest BCUT2D eigenvalue weighted by molar-refractivity contribution is 0.414. The van der Waals surface area contributed by atoms with Gasteiger partial charge in [0.25, 0.3) is 10.0 Å². The van der Waals surface area contributed by atoms with Gasteiger partial charge >= 0.3 is 0 Å². The quantitative estimate of drug-likeness (QED) is 0.748. The number of nitrogens with one attached hydrogen (secondary N) is 1. The van der Waals surface area contributed by atoms with Crippen LogP contribution in [0.1, 0.15) is 5.56 Å². The molecule has 0 aliphatic carbocycles. The Morgan fingerprint density at radius 2 is 1.96 bits per heavy atom. The number of benzene rings is 2. The highest BCUT2D eigenvalue weighted by Crippen LogP contribution is 2.25. The van der Waals surface area contributed by atoms with E-state index in [2.05, 4.69) is 20.2 Å². The van der Waals surface area contributed by atoms with E-state index in [9.17, 15) is 8.42 Å². The van der Waals surface area contributed by atoms with Crippen LogP contribution in [0.3, 0.4) is 0 Å². The summed E-state index contributed by atoms with van der Waals surface area (Å²) in [5.74, 6) is 1.15. The second kappa shape index (κ2) is 6.52. The number of hydrogen-bond donors (Lipinski definition) is 1. The molecule has 3 rings (SSSR count). The Hall–Kier alpha value is -2.94. The summed E-state index contributed by atoms with van der Waals surface area (Å²) < 4.78 is 34.6. The SMILES string of the molecule is COc1ccc(S(=O)(=O)Nc2cccc(-c3nnnn3C)c2)c(C)c1. The van der Waals surface area contributed by atoms with Crippen LogP contribution in [0.25, 0.3) is 11.4 Å². The third kappa shape index (κ3) is 3.45. The number of tetrazole rings is 1. The van der Waals surface area contributed by atoms with E-state index in [0.717, 1.165) is 0 Å². The topological polar surface area (TPSA) is 99.0 Å². The van der Waals surface area contributed by atoms with Crippen LogP contribution in [0.4, 0.5) is 5.69 Å². The minimum Gasteiger partial charge on any atom is -0.497 e. The molecule has 0 aliphatic rings. The van der Waals surface area contributed by atoms with Gasteiger partial charge in [-0.1, -0.05) is 12.1 Å². The second-order valence-electron chi connectivity index (χ2n) is 5.44. The lowest BCUT2D eigenvalue weighted by Crippen LogP contribution is -2.14. The number of sulfonamides is 1. The van der Waals surface area contributed by atoms with Crippen LogP contribution in [-0.4, -0.2) is 35.7 Å². The molecule has 0 fully saturated rings. The minimum atomic E-state index is -3.73. The molecule has 25 heavy (non-hydrogen) atoms. The summed E-state index contributed by atoms with van der Waals surface area (Å²) in [5, 5.41) is 11.3. The van der Waals surface area contributed by atoms with Crippen molar-refractivity contribution in [3.63, 3.8) is 0 Å². The van der Waals surface area contributed by atoms with Gasteiger partial charge in [0, 0.05) is 18.3 Å². The molecule has 1 N–H and O–H groups in total. The van der Waals surface area contributed by atoms with E-state index in [1.165, 1.54) is 17.9 Å². The zero-order chi connectivity index (χ0) is 18.0. The molecule has 0 bridgehead atoms. The van der Waals surface area contributed by atoms with Gasteiger partial charge in [-0.25, -0.2) is 13.1 Å². The molecule has 8 nitrogen and oxygen atoms in total. The average molecular weight is 359 g/mol. The number of aryl methyl sites for hydroxylation is 2. The first-order valence-corrected chi connectivity index (χ1v) is 8.89. The average Bonchev–Trinajstić information content (AvgIpc) is 3.00. The van der Waals surface area contributed by atoms with Crippen molar-refractivity contribution < 1.29 is 13.2 Å². The Labute approximate surface area is 145 Å². The summed E-state index contributed by atoms with van der Waals surface area (Å²) in [7, 11) is -0.478. The predicted octanol–water partition coefficient (Wildman–Crippen LogP) is 1.99. The molecule has 0 aliphatic heterocycles. The fraction of sp³-hybridized carbons (Fsp3) is 0.188. The maximum atomic E-state index is 12.7. The van der Waals surface area contributed by atoms with Gasteiger partial charge in [0.1, 0.15) is 5.75 Å². The lowest BCUT2D eigenvalue weighted by Gasteiger charge is -2.12. The number of rotatable bonds is 5. The van der Waals surface area contributed by atoms with Gasteiger partial charge in [-0.05, 0) is 53.2 Å². The van der Waals surface area contributed by atoms with Crippen LogP contribution in [0.5, 0.6) is 5.75 Å². The zero-order valence-corrected chi connectivity index (χ0v) is 14.8. The summed E-state index contributed by atoms with van der Waals surface area (Å²) in [6.07, 6.45) is 0. The van der Waals surface area contributed by atoms with Gasteiger partial charge < -0.3 is 4.74 Å². The van der Waals surface area contributed by atoms with Gasteiger partial charge in [-0.15, -0.1) is 5.10 Å². The van der Waals surface area contributed by atoms with E-state index in [0.29, 0.717) is 28.4 Å². The van der Waals surface area contributed by atoms with Gasteiger partial charge in [0.2, 0.25) is 0 Å². The van der Waals surface area contributed by atoms with Crippen LogP contribution >= 0.6 is 0 Å².